The molecule has 2 rings (SSSR count). The van der Waals surface area contributed by atoms with E-state index in [1.165, 1.54) is 48.1 Å². The van der Waals surface area contributed by atoms with E-state index in [0.717, 1.165) is 18.4 Å². The lowest BCUT2D eigenvalue weighted by Gasteiger charge is -2.20. The van der Waals surface area contributed by atoms with Gasteiger partial charge in [0, 0.05) is 24.0 Å². The summed E-state index contributed by atoms with van der Waals surface area (Å²) in [5.74, 6) is 1.70. The van der Waals surface area contributed by atoms with Gasteiger partial charge < -0.3 is 10.2 Å². The summed E-state index contributed by atoms with van der Waals surface area (Å²) in [5.41, 5.74) is 1.20. The van der Waals surface area contributed by atoms with E-state index in [4.69, 9.17) is 4.98 Å². The first-order valence-electron chi connectivity index (χ1n) is 8.48. The third-order valence-electron chi connectivity index (χ3n) is 4.71. The van der Waals surface area contributed by atoms with Gasteiger partial charge in [0.2, 0.25) is 0 Å². The maximum Gasteiger partial charge on any atom is 0.185 e. The van der Waals surface area contributed by atoms with E-state index in [1.807, 2.05) is 11.3 Å². The van der Waals surface area contributed by atoms with E-state index < -0.39 is 0 Å². The first kappa shape index (κ1) is 16.8. The topological polar surface area (TPSA) is 28.2 Å². The van der Waals surface area contributed by atoms with Crippen LogP contribution in [0.25, 0.3) is 0 Å². The summed E-state index contributed by atoms with van der Waals surface area (Å²) in [6.45, 7) is 14.6. The zero-order valence-electron chi connectivity index (χ0n) is 14.3. The minimum atomic E-state index is 0.414. The van der Waals surface area contributed by atoms with Gasteiger partial charge in [0.05, 0.1) is 5.69 Å². The molecule has 2 heterocycles. The summed E-state index contributed by atoms with van der Waals surface area (Å²) in [5, 5.41) is 4.74. The van der Waals surface area contributed by atoms with Gasteiger partial charge in [-0.25, -0.2) is 4.98 Å². The molecule has 3 nitrogen and oxygen atoms in total. The fourth-order valence-electron chi connectivity index (χ4n) is 3.31. The predicted molar refractivity (Wildman–Crippen MR) is 93.3 cm³/mol. The van der Waals surface area contributed by atoms with Crippen molar-refractivity contribution in [1.29, 1.82) is 0 Å². The Morgan fingerprint density at radius 1 is 1.29 bits per heavy atom. The summed E-state index contributed by atoms with van der Waals surface area (Å²) >= 11 is 1.89. The van der Waals surface area contributed by atoms with Crippen molar-refractivity contribution in [1.82, 2.24) is 10.3 Å². The van der Waals surface area contributed by atoms with Gasteiger partial charge in [-0.2, -0.15) is 0 Å². The van der Waals surface area contributed by atoms with Crippen LogP contribution in [0.5, 0.6) is 0 Å². The molecule has 1 N–H and O–H groups in total. The van der Waals surface area contributed by atoms with Crippen molar-refractivity contribution in [3.05, 3.63) is 10.6 Å². The Morgan fingerprint density at radius 3 is 2.71 bits per heavy atom. The monoisotopic (exact) mass is 309 g/mol. The first-order chi connectivity index (χ1) is 10.0. The van der Waals surface area contributed by atoms with Crippen molar-refractivity contribution in [2.45, 2.75) is 59.9 Å². The van der Waals surface area contributed by atoms with Gasteiger partial charge in [-0.15, -0.1) is 11.3 Å². The van der Waals surface area contributed by atoms with Crippen LogP contribution in [0.4, 0.5) is 5.13 Å². The molecular weight excluding hydrogens is 278 g/mol. The summed E-state index contributed by atoms with van der Waals surface area (Å²) < 4.78 is 0. The highest BCUT2D eigenvalue weighted by atomic mass is 32.1. The minimum absolute atomic E-state index is 0.414. The summed E-state index contributed by atoms with van der Waals surface area (Å²) in [7, 11) is 0. The lowest BCUT2D eigenvalue weighted by atomic mass is 9.89. The molecule has 0 saturated carbocycles. The number of anilines is 1. The molecule has 120 valence electrons. The van der Waals surface area contributed by atoms with Crippen molar-refractivity contribution >= 4 is 16.5 Å². The predicted octanol–water partition coefficient (Wildman–Crippen LogP) is 4.38. The maximum atomic E-state index is 4.85. The molecule has 21 heavy (non-hydrogen) atoms. The van der Waals surface area contributed by atoms with Crippen LogP contribution in [0.1, 0.15) is 63.6 Å². The largest absolute Gasteiger partial charge is 0.348 e. The molecule has 0 bridgehead atoms. The molecule has 2 unspecified atom stereocenters. The lowest BCUT2D eigenvalue weighted by Crippen LogP contribution is -2.24. The van der Waals surface area contributed by atoms with Crippen LogP contribution in [0.3, 0.4) is 0 Å². The lowest BCUT2D eigenvalue weighted by molar-refractivity contribution is 0.351. The standard InChI is InChI=1S/C17H31N3S/c1-6-18-13(4)16-14(5)19-17(21-16)20-10-7-8-15(9-11-20)12(2)3/h12-13,15,18H,6-11H2,1-5H3. The zero-order valence-corrected chi connectivity index (χ0v) is 15.1. The highest BCUT2D eigenvalue weighted by molar-refractivity contribution is 7.15. The highest BCUT2D eigenvalue weighted by Crippen LogP contribution is 2.33. The zero-order chi connectivity index (χ0) is 15.4. The number of aromatic nitrogens is 1. The molecular formula is C17H31N3S. The minimum Gasteiger partial charge on any atom is -0.348 e. The fourth-order valence-corrected chi connectivity index (χ4v) is 4.45. The van der Waals surface area contributed by atoms with Crippen LogP contribution in [0, 0.1) is 18.8 Å². The second kappa shape index (κ2) is 7.59. The Labute approximate surface area is 134 Å². The normalized spacial score (nSPS) is 21.6. The van der Waals surface area contributed by atoms with Crippen molar-refractivity contribution in [3.8, 4) is 0 Å². The van der Waals surface area contributed by atoms with Gasteiger partial charge in [0.15, 0.2) is 5.13 Å². The van der Waals surface area contributed by atoms with E-state index in [2.05, 4.69) is 44.8 Å². The van der Waals surface area contributed by atoms with Gasteiger partial charge in [0.25, 0.3) is 0 Å². The molecule has 0 amide bonds. The number of hydrogen-bond donors (Lipinski definition) is 1. The third-order valence-corrected chi connectivity index (χ3v) is 6.11. The summed E-state index contributed by atoms with van der Waals surface area (Å²) in [6.07, 6.45) is 3.99. The second-order valence-electron chi connectivity index (χ2n) is 6.65. The fraction of sp³-hybridized carbons (Fsp3) is 0.824. The van der Waals surface area contributed by atoms with Crippen LogP contribution in [-0.4, -0.2) is 24.6 Å². The third kappa shape index (κ3) is 4.19. The number of hydrogen-bond acceptors (Lipinski definition) is 4. The molecule has 1 fully saturated rings. The average molecular weight is 310 g/mol. The van der Waals surface area contributed by atoms with E-state index in [9.17, 15) is 0 Å². The quantitative estimate of drug-likeness (QED) is 0.874. The molecule has 2 atom stereocenters. The van der Waals surface area contributed by atoms with E-state index >= 15 is 0 Å². The van der Waals surface area contributed by atoms with Crippen molar-refractivity contribution in [2.24, 2.45) is 11.8 Å². The first-order valence-corrected chi connectivity index (χ1v) is 9.30. The van der Waals surface area contributed by atoms with Crippen molar-refractivity contribution in [2.75, 3.05) is 24.5 Å². The van der Waals surface area contributed by atoms with E-state index in [-0.39, 0.29) is 0 Å². The molecule has 0 aromatic carbocycles. The molecule has 0 aliphatic carbocycles. The number of nitrogens with zero attached hydrogens (tertiary/aromatic N) is 2. The Morgan fingerprint density at radius 2 is 2.05 bits per heavy atom. The summed E-state index contributed by atoms with van der Waals surface area (Å²) in [4.78, 5) is 8.77. The van der Waals surface area contributed by atoms with E-state index in [1.54, 1.807) is 0 Å². The van der Waals surface area contributed by atoms with Gasteiger partial charge in [0.1, 0.15) is 0 Å². The Kier molecular flexibility index (Phi) is 6.06. The van der Waals surface area contributed by atoms with Crippen LogP contribution >= 0.6 is 11.3 Å². The number of rotatable bonds is 5. The van der Waals surface area contributed by atoms with Crippen LogP contribution in [0.2, 0.25) is 0 Å². The molecule has 1 aromatic heterocycles. The van der Waals surface area contributed by atoms with Crippen molar-refractivity contribution < 1.29 is 0 Å². The molecule has 1 aromatic rings. The van der Waals surface area contributed by atoms with Gasteiger partial charge in [-0.1, -0.05) is 20.8 Å². The number of thiazole rings is 1. The number of nitrogens with one attached hydrogen (secondary N) is 1. The Hall–Kier alpha value is -0.610. The molecule has 0 radical (unpaired) electrons. The van der Waals surface area contributed by atoms with Gasteiger partial charge >= 0.3 is 0 Å². The van der Waals surface area contributed by atoms with Gasteiger partial charge in [-0.05, 0) is 51.5 Å². The van der Waals surface area contributed by atoms with Crippen LogP contribution in [-0.2, 0) is 0 Å². The maximum absolute atomic E-state index is 4.85. The second-order valence-corrected chi connectivity index (χ2v) is 7.66. The Bertz CT molecular complexity index is 441. The highest BCUT2D eigenvalue weighted by Gasteiger charge is 2.22. The molecule has 1 saturated heterocycles. The number of aryl methyl sites for hydroxylation is 1. The molecule has 1 aliphatic heterocycles. The SMILES string of the molecule is CCNC(C)c1sc(N2CCCC(C(C)C)CC2)nc1C. The molecule has 1 aliphatic rings. The average Bonchev–Trinajstić information content (AvgIpc) is 2.67. The van der Waals surface area contributed by atoms with E-state index in [0.29, 0.717) is 6.04 Å². The summed E-state index contributed by atoms with van der Waals surface area (Å²) in [6, 6.07) is 0.414. The van der Waals surface area contributed by atoms with Crippen LogP contribution < -0.4 is 10.2 Å². The van der Waals surface area contributed by atoms with Crippen LogP contribution in [0.15, 0.2) is 0 Å². The van der Waals surface area contributed by atoms with Gasteiger partial charge in [-0.3, -0.25) is 0 Å². The van der Waals surface area contributed by atoms with Crippen molar-refractivity contribution in [3.63, 3.8) is 0 Å². The molecule has 4 heteroatoms. The smallest absolute Gasteiger partial charge is 0.185 e. The Balaban J connectivity index is 2.06. The molecule has 0 spiro atoms.